The molecule has 24 heavy (non-hydrogen) atoms. The summed E-state index contributed by atoms with van der Waals surface area (Å²) in [4.78, 5) is 19.2. The van der Waals surface area contributed by atoms with Crippen molar-refractivity contribution in [2.75, 3.05) is 39.4 Å². The molecule has 1 aromatic heterocycles. The van der Waals surface area contributed by atoms with Gasteiger partial charge in [0.2, 0.25) is 0 Å². The van der Waals surface area contributed by atoms with Crippen molar-refractivity contribution in [3.8, 4) is 0 Å². The Kier molecular flexibility index (Phi) is 8.11. The van der Waals surface area contributed by atoms with Crippen molar-refractivity contribution in [2.45, 2.75) is 39.2 Å². The predicted molar refractivity (Wildman–Crippen MR) is 97.5 cm³/mol. The molecule has 2 heterocycles. The Bertz CT molecular complexity index is 499. The van der Waals surface area contributed by atoms with Gasteiger partial charge >= 0.3 is 0 Å². The lowest BCUT2D eigenvalue weighted by Crippen LogP contribution is -2.52. The third-order valence-electron chi connectivity index (χ3n) is 4.72. The highest BCUT2D eigenvalue weighted by Gasteiger charge is 2.27. The van der Waals surface area contributed by atoms with Crippen molar-refractivity contribution < 1.29 is 9.53 Å². The Balaban J connectivity index is 1.96. The van der Waals surface area contributed by atoms with Gasteiger partial charge in [0.05, 0.1) is 18.2 Å². The molecule has 6 nitrogen and oxygen atoms in total. The fourth-order valence-electron chi connectivity index (χ4n) is 3.28. The van der Waals surface area contributed by atoms with Crippen molar-refractivity contribution >= 4 is 17.2 Å². The van der Waals surface area contributed by atoms with Crippen LogP contribution in [0.2, 0.25) is 0 Å². The van der Waals surface area contributed by atoms with Gasteiger partial charge < -0.3 is 15.8 Å². The summed E-state index contributed by atoms with van der Waals surface area (Å²) in [6.07, 6.45) is 2.96. The average Bonchev–Trinajstić information content (AvgIpc) is 3.08. The second-order valence-electron chi connectivity index (χ2n) is 6.17. The molecule has 1 atom stereocenters. The maximum absolute atomic E-state index is 12.4. The molecule has 1 unspecified atom stereocenters. The maximum Gasteiger partial charge on any atom is 0.270 e. The summed E-state index contributed by atoms with van der Waals surface area (Å²) in [5, 5.41) is 5.84. The summed E-state index contributed by atoms with van der Waals surface area (Å²) in [6, 6.07) is 0.356. The quantitative estimate of drug-likeness (QED) is 0.703. The van der Waals surface area contributed by atoms with Crippen molar-refractivity contribution in [3.63, 3.8) is 0 Å². The zero-order valence-corrected chi connectivity index (χ0v) is 15.6. The van der Waals surface area contributed by atoms with Gasteiger partial charge in [-0.3, -0.25) is 9.69 Å². The monoisotopic (exact) mass is 354 g/mol. The molecule has 136 valence electrons. The normalized spacial score (nSPS) is 17.2. The minimum Gasteiger partial charge on any atom is -0.379 e. The summed E-state index contributed by atoms with van der Waals surface area (Å²) < 4.78 is 5.47. The SMILES string of the molecule is CCC(CC)C(CNC(=O)c1csc(CCN)n1)N1CCOCC1. The molecule has 0 bridgehead atoms. The molecule has 1 fully saturated rings. The Morgan fingerprint density at radius 3 is 2.75 bits per heavy atom. The molecule has 1 aliphatic rings. The van der Waals surface area contributed by atoms with Gasteiger partial charge in [0.15, 0.2) is 0 Å². The first-order chi connectivity index (χ1) is 11.7. The maximum atomic E-state index is 12.4. The van der Waals surface area contributed by atoms with Crippen LogP contribution in [0.4, 0.5) is 0 Å². The van der Waals surface area contributed by atoms with E-state index in [4.69, 9.17) is 10.5 Å². The minimum absolute atomic E-state index is 0.0845. The molecular formula is C17H30N4O2S. The number of nitrogens with one attached hydrogen (secondary N) is 1. The molecular weight excluding hydrogens is 324 g/mol. The highest BCUT2D eigenvalue weighted by Crippen LogP contribution is 2.20. The predicted octanol–water partition coefficient (Wildman–Crippen LogP) is 1.51. The van der Waals surface area contributed by atoms with Crippen LogP contribution in [0.15, 0.2) is 5.38 Å². The molecule has 2 rings (SSSR count). The largest absolute Gasteiger partial charge is 0.379 e. The Morgan fingerprint density at radius 2 is 2.12 bits per heavy atom. The molecule has 1 aromatic rings. The van der Waals surface area contributed by atoms with E-state index in [1.54, 1.807) is 0 Å². The molecule has 1 aliphatic heterocycles. The number of hydrogen-bond donors (Lipinski definition) is 2. The van der Waals surface area contributed by atoms with E-state index in [1.165, 1.54) is 11.3 Å². The van der Waals surface area contributed by atoms with Gasteiger partial charge in [0.25, 0.3) is 5.91 Å². The number of aromatic nitrogens is 1. The first kappa shape index (κ1) is 19.3. The molecule has 0 aromatic carbocycles. The van der Waals surface area contributed by atoms with E-state index >= 15 is 0 Å². The van der Waals surface area contributed by atoms with Crippen molar-refractivity contribution in [1.82, 2.24) is 15.2 Å². The number of nitrogens with zero attached hydrogens (tertiary/aromatic N) is 2. The first-order valence-corrected chi connectivity index (χ1v) is 9.82. The Labute approximate surface area is 148 Å². The van der Waals surface area contributed by atoms with E-state index in [0.29, 0.717) is 30.7 Å². The molecule has 0 spiro atoms. The number of thiazole rings is 1. The fourth-order valence-corrected chi connectivity index (χ4v) is 4.07. The van der Waals surface area contributed by atoms with Gasteiger partial charge in [-0.15, -0.1) is 11.3 Å². The lowest BCUT2D eigenvalue weighted by Gasteiger charge is -2.38. The number of nitrogens with two attached hydrogens (primary N) is 1. The van der Waals surface area contributed by atoms with Crippen LogP contribution in [0, 0.1) is 5.92 Å². The summed E-state index contributed by atoms with van der Waals surface area (Å²) in [5.74, 6) is 0.491. The fraction of sp³-hybridized carbons (Fsp3) is 0.765. The van der Waals surface area contributed by atoms with Crippen molar-refractivity contribution in [1.29, 1.82) is 0 Å². The third kappa shape index (κ3) is 5.24. The van der Waals surface area contributed by atoms with Crippen LogP contribution >= 0.6 is 11.3 Å². The van der Waals surface area contributed by atoms with Gasteiger partial charge in [-0.1, -0.05) is 26.7 Å². The van der Waals surface area contributed by atoms with Crippen LogP contribution < -0.4 is 11.1 Å². The molecule has 0 aliphatic carbocycles. The first-order valence-electron chi connectivity index (χ1n) is 8.94. The Hall–Kier alpha value is -1.02. The van der Waals surface area contributed by atoms with E-state index < -0.39 is 0 Å². The lowest BCUT2D eigenvalue weighted by molar-refractivity contribution is 0.00190. The Morgan fingerprint density at radius 1 is 1.42 bits per heavy atom. The number of rotatable bonds is 9. The summed E-state index contributed by atoms with van der Waals surface area (Å²) in [6.45, 7) is 9.10. The lowest BCUT2D eigenvalue weighted by atomic mass is 9.92. The molecule has 7 heteroatoms. The van der Waals surface area contributed by atoms with Crippen molar-refractivity contribution in [3.05, 3.63) is 16.1 Å². The summed E-state index contributed by atoms with van der Waals surface area (Å²) >= 11 is 1.50. The highest BCUT2D eigenvalue weighted by molar-refractivity contribution is 7.09. The molecule has 1 amide bonds. The van der Waals surface area contributed by atoms with Crippen LogP contribution in [0.1, 0.15) is 42.2 Å². The molecule has 0 radical (unpaired) electrons. The standard InChI is InChI=1S/C17H30N4O2S/c1-3-13(4-2)15(21-7-9-23-10-8-21)11-19-17(22)14-12-24-16(20-14)5-6-18/h12-13,15H,3-11,18H2,1-2H3,(H,19,22). The smallest absolute Gasteiger partial charge is 0.270 e. The van der Waals surface area contributed by atoms with Crippen LogP contribution in [0.3, 0.4) is 0 Å². The second-order valence-corrected chi connectivity index (χ2v) is 7.11. The third-order valence-corrected chi connectivity index (χ3v) is 5.63. The van der Waals surface area contributed by atoms with Gasteiger partial charge in [-0.05, 0) is 12.5 Å². The van der Waals surface area contributed by atoms with E-state index in [2.05, 4.69) is 29.0 Å². The molecule has 0 saturated carbocycles. The van der Waals surface area contributed by atoms with Gasteiger partial charge in [-0.25, -0.2) is 4.98 Å². The van der Waals surface area contributed by atoms with Crippen LogP contribution in [-0.2, 0) is 11.2 Å². The summed E-state index contributed by atoms with van der Waals surface area (Å²) in [7, 11) is 0. The number of amides is 1. The summed E-state index contributed by atoms with van der Waals surface area (Å²) in [5.41, 5.74) is 6.05. The minimum atomic E-state index is -0.0845. The van der Waals surface area contributed by atoms with Crippen LogP contribution in [-0.4, -0.2) is 61.2 Å². The molecule has 3 N–H and O–H groups in total. The number of hydrogen-bond acceptors (Lipinski definition) is 6. The zero-order valence-electron chi connectivity index (χ0n) is 14.8. The van der Waals surface area contributed by atoms with Crippen molar-refractivity contribution in [2.24, 2.45) is 11.7 Å². The molecule has 1 saturated heterocycles. The number of carbonyl (C=O) groups is 1. The van der Waals surface area contributed by atoms with Gasteiger partial charge in [0, 0.05) is 37.5 Å². The van der Waals surface area contributed by atoms with E-state index in [-0.39, 0.29) is 5.91 Å². The van der Waals surface area contributed by atoms with E-state index in [0.717, 1.165) is 50.6 Å². The van der Waals surface area contributed by atoms with E-state index in [1.807, 2.05) is 5.38 Å². The highest BCUT2D eigenvalue weighted by atomic mass is 32.1. The van der Waals surface area contributed by atoms with Crippen LogP contribution in [0.5, 0.6) is 0 Å². The number of morpholine rings is 1. The zero-order chi connectivity index (χ0) is 17.4. The average molecular weight is 355 g/mol. The van der Waals surface area contributed by atoms with Gasteiger partial charge in [0.1, 0.15) is 5.69 Å². The topological polar surface area (TPSA) is 80.5 Å². The van der Waals surface area contributed by atoms with Crippen LogP contribution in [0.25, 0.3) is 0 Å². The second kappa shape index (κ2) is 10.1. The number of ether oxygens (including phenoxy) is 1. The van der Waals surface area contributed by atoms with E-state index in [9.17, 15) is 4.79 Å². The number of carbonyl (C=O) groups excluding carboxylic acids is 1. The van der Waals surface area contributed by atoms with Gasteiger partial charge in [-0.2, -0.15) is 0 Å².